The third-order valence-corrected chi connectivity index (χ3v) is 5.39. The van der Waals surface area contributed by atoms with Gasteiger partial charge in [0.25, 0.3) is 0 Å². The average molecular weight is 381 g/mol. The van der Waals surface area contributed by atoms with Crippen LogP contribution in [0.2, 0.25) is 0 Å². The van der Waals surface area contributed by atoms with E-state index in [0.717, 1.165) is 28.8 Å². The Morgan fingerprint density at radius 2 is 2.09 bits per heavy atom. The van der Waals surface area contributed by atoms with Crippen LogP contribution < -0.4 is 10.2 Å². The molecule has 0 aromatic carbocycles. The number of nitrogens with one attached hydrogen (secondary N) is 2. The van der Waals surface area contributed by atoms with E-state index in [-0.39, 0.29) is 6.04 Å². The van der Waals surface area contributed by atoms with Crippen molar-refractivity contribution in [3.05, 3.63) is 22.3 Å². The van der Waals surface area contributed by atoms with Gasteiger partial charge in [-0.3, -0.25) is 0 Å². The molecule has 1 aliphatic carbocycles. The lowest BCUT2D eigenvalue weighted by molar-refractivity contribution is 0.103. The predicted molar refractivity (Wildman–Crippen MR) is 96.5 cm³/mol. The Kier molecular flexibility index (Phi) is 5.67. The van der Waals surface area contributed by atoms with Gasteiger partial charge in [0, 0.05) is 47.6 Å². The monoisotopic (exact) mass is 380 g/mol. The highest BCUT2D eigenvalue weighted by Gasteiger charge is 2.30. The van der Waals surface area contributed by atoms with Crippen molar-refractivity contribution in [2.45, 2.75) is 56.7 Å². The third kappa shape index (κ3) is 4.11. The summed E-state index contributed by atoms with van der Waals surface area (Å²) in [6, 6.07) is 2.64. The van der Waals surface area contributed by atoms with Crippen LogP contribution in [0.15, 0.2) is 16.7 Å². The number of aliphatic hydroxyl groups excluding tert-OH is 1. The van der Waals surface area contributed by atoms with Crippen LogP contribution in [0.3, 0.4) is 0 Å². The highest BCUT2D eigenvalue weighted by Crippen LogP contribution is 2.25. The topological polar surface area (TPSA) is 72.2 Å². The van der Waals surface area contributed by atoms with Crippen molar-refractivity contribution in [2.75, 3.05) is 18.0 Å². The predicted octanol–water partition coefficient (Wildman–Crippen LogP) is 2.70. The fourth-order valence-corrected chi connectivity index (χ4v) is 4.06. The van der Waals surface area contributed by atoms with Crippen LogP contribution in [0.1, 0.15) is 44.1 Å². The molecule has 23 heavy (non-hydrogen) atoms. The molecule has 0 radical (unpaired) electrons. The first-order valence-electron chi connectivity index (χ1n) is 8.52. The molecule has 6 heteroatoms. The largest absolute Gasteiger partial charge is 0.390 e. The summed E-state index contributed by atoms with van der Waals surface area (Å²) in [5, 5.41) is 21.8. The highest BCUT2D eigenvalue weighted by atomic mass is 79.9. The maximum atomic E-state index is 10.6. The molecule has 3 rings (SSSR count). The smallest absolute Gasteiger partial charge is 0.137 e. The molecule has 3 N–H and O–H groups in total. The van der Waals surface area contributed by atoms with E-state index in [1.165, 1.54) is 38.3 Å². The van der Waals surface area contributed by atoms with E-state index in [1.54, 1.807) is 6.20 Å². The second-order valence-corrected chi connectivity index (χ2v) is 7.54. The van der Waals surface area contributed by atoms with Crippen molar-refractivity contribution in [1.82, 2.24) is 10.3 Å². The van der Waals surface area contributed by atoms with Crippen LogP contribution in [0.5, 0.6) is 0 Å². The van der Waals surface area contributed by atoms with Gasteiger partial charge in [-0.2, -0.15) is 0 Å². The summed E-state index contributed by atoms with van der Waals surface area (Å²) in [5.74, 6) is 0.790. The standard InChI is InChI=1S/C17H25BrN4O/c18-13-8-12(9-19)17(20-10-13)22-7-6-15(16(23)11-22)21-14-4-2-1-3-5-14/h8-10,14-16,19,21,23H,1-7,11H2/t15-,16-/m1/s1. The van der Waals surface area contributed by atoms with Crippen molar-refractivity contribution >= 4 is 28.0 Å². The molecular weight excluding hydrogens is 356 g/mol. The van der Waals surface area contributed by atoms with Gasteiger partial charge in [-0.25, -0.2) is 4.98 Å². The minimum Gasteiger partial charge on any atom is -0.390 e. The van der Waals surface area contributed by atoms with Crippen LogP contribution in [0.4, 0.5) is 5.82 Å². The molecule has 1 aliphatic heterocycles. The zero-order valence-electron chi connectivity index (χ0n) is 13.3. The first kappa shape index (κ1) is 16.9. The van der Waals surface area contributed by atoms with Crippen molar-refractivity contribution < 1.29 is 5.11 Å². The van der Waals surface area contributed by atoms with Crippen molar-refractivity contribution in [3.63, 3.8) is 0 Å². The van der Waals surface area contributed by atoms with Crippen LogP contribution in [-0.4, -0.2) is 47.6 Å². The van der Waals surface area contributed by atoms with Crippen molar-refractivity contribution in [2.24, 2.45) is 0 Å². The van der Waals surface area contributed by atoms with Gasteiger partial charge in [0.2, 0.25) is 0 Å². The second-order valence-electron chi connectivity index (χ2n) is 6.62. The van der Waals surface area contributed by atoms with Gasteiger partial charge >= 0.3 is 0 Å². The number of nitrogens with zero attached hydrogens (tertiary/aromatic N) is 2. The van der Waals surface area contributed by atoms with E-state index in [9.17, 15) is 5.11 Å². The molecule has 0 spiro atoms. The summed E-state index contributed by atoms with van der Waals surface area (Å²) in [6.07, 6.45) is 10.0. The number of aromatic nitrogens is 1. The van der Waals surface area contributed by atoms with Crippen LogP contribution >= 0.6 is 15.9 Å². The Labute approximate surface area is 146 Å². The Morgan fingerprint density at radius 1 is 1.30 bits per heavy atom. The van der Waals surface area contributed by atoms with E-state index in [0.29, 0.717) is 12.6 Å². The van der Waals surface area contributed by atoms with Crippen LogP contribution in [0, 0.1) is 5.41 Å². The normalized spacial score (nSPS) is 26.3. The summed E-state index contributed by atoms with van der Waals surface area (Å²) < 4.78 is 0.870. The van der Waals surface area contributed by atoms with Gasteiger partial charge in [-0.1, -0.05) is 19.3 Å². The van der Waals surface area contributed by atoms with Crippen molar-refractivity contribution in [3.8, 4) is 0 Å². The maximum absolute atomic E-state index is 10.6. The molecule has 2 fully saturated rings. The Hall–Kier alpha value is -0.980. The summed E-state index contributed by atoms with van der Waals surface area (Å²) in [5.41, 5.74) is 0.783. The zero-order valence-corrected chi connectivity index (χ0v) is 14.9. The van der Waals surface area contributed by atoms with Gasteiger partial charge in [-0.15, -0.1) is 0 Å². The molecule has 1 saturated carbocycles. The van der Waals surface area contributed by atoms with E-state index in [4.69, 9.17) is 5.41 Å². The van der Waals surface area contributed by atoms with Gasteiger partial charge in [0.15, 0.2) is 0 Å². The molecule has 0 amide bonds. The lowest BCUT2D eigenvalue weighted by Gasteiger charge is -2.39. The van der Waals surface area contributed by atoms with E-state index in [1.807, 2.05) is 6.07 Å². The SMILES string of the molecule is N=Cc1cc(Br)cnc1N1CC[C@@H](NC2CCCCC2)[C@H](O)C1. The molecule has 0 unspecified atom stereocenters. The highest BCUT2D eigenvalue weighted by molar-refractivity contribution is 9.10. The number of β-amino-alcohol motifs (C(OH)–C–C–N with tert-alkyl or cyclic N) is 1. The summed E-state index contributed by atoms with van der Waals surface area (Å²) in [4.78, 5) is 6.54. The minimum atomic E-state index is -0.394. The molecule has 1 saturated heterocycles. The summed E-state index contributed by atoms with van der Waals surface area (Å²) in [7, 11) is 0. The molecular formula is C17H25BrN4O. The van der Waals surface area contributed by atoms with Crippen LogP contribution in [0.25, 0.3) is 0 Å². The molecule has 2 heterocycles. The molecule has 126 valence electrons. The van der Waals surface area contributed by atoms with Gasteiger partial charge in [0.05, 0.1) is 6.10 Å². The van der Waals surface area contributed by atoms with E-state index >= 15 is 0 Å². The Bertz CT molecular complexity index is 547. The fraction of sp³-hybridized carbons (Fsp3) is 0.647. The lowest BCUT2D eigenvalue weighted by Crippen LogP contribution is -2.55. The molecule has 2 aliphatic rings. The first-order chi connectivity index (χ1) is 11.2. The Morgan fingerprint density at radius 3 is 2.78 bits per heavy atom. The first-order valence-corrected chi connectivity index (χ1v) is 9.32. The molecule has 5 nitrogen and oxygen atoms in total. The molecule has 2 atom stereocenters. The number of anilines is 1. The third-order valence-electron chi connectivity index (χ3n) is 4.95. The minimum absolute atomic E-state index is 0.174. The van der Waals surface area contributed by atoms with E-state index < -0.39 is 6.10 Å². The van der Waals surface area contributed by atoms with Crippen LogP contribution in [-0.2, 0) is 0 Å². The number of pyridine rings is 1. The molecule has 1 aromatic rings. The fourth-order valence-electron chi connectivity index (χ4n) is 3.71. The average Bonchev–Trinajstić information content (AvgIpc) is 2.57. The maximum Gasteiger partial charge on any atom is 0.137 e. The van der Waals surface area contributed by atoms with Crippen molar-refractivity contribution in [1.29, 1.82) is 5.41 Å². The molecule has 1 aromatic heterocycles. The lowest BCUT2D eigenvalue weighted by atomic mass is 9.92. The van der Waals surface area contributed by atoms with E-state index in [2.05, 4.69) is 31.1 Å². The number of aliphatic hydroxyl groups is 1. The van der Waals surface area contributed by atoms with Gasteiger partial charge < -0.3 is 20.7 Å². The second kappa shape index (κ2) is 7.73. The number of hydrogen-bond donors (Lipinski definition) is 3. The molecule has 0 bridgehead atoms. The zero-order chi connectivity index (χ0) is 16.2. The number of hydrogen-bond acceptors (Lipinski definition) is 5. The van der Waals surface area contributed by atoms with Gasteiger partial charge in [0.1, 0.15) is 5.82 Å². The Balaban J connectivity index is 1.63. The van der Waals surface area contributed by atoms with Gasteiger partial charge in [-0.05, 0) is 41.3 Å². The quantitative estimate of drug-likeness (QED) is 0.702. The number of rotatable bonds is 4. The number of piperidine rings is 1. The summed E-state index contributed by atoms with van der Waals surface area (Å²) >= 11 is 3.39. The number of halogens is 1. The summed E-state index contributed by atoms with van der Waals surface area (Å²) in [6.45, 7) is 1.43.